The highest BCUT2D eigenvalue weighted by molar-refractivity contribution is 7.47. The van der Waals surface area contributed by atoms with Gasteiger partial charge in [-0.05, 0) is 109 Å². The lowest BCUT2D eigenvalue weighted by Gasteiger charge is -2.27. The summed E-state index contributed by atoms with van der Waals surface area (Å²) in [4.78, 5) is 37.6. The summed E-state index contributed by atoms with van der Waals surface area (Å²) < 4.78 is 30.6. The van der Waals surface area contributed by atoms with Crippen molar-refractivity contribution in [2.45, 2.75) is 264 Å². The monoisotopic (exact) mass is 1070 g/mol. The summed E-state index contributed by atoms with van der Waals surface area (Å²) in [6.07, 6.45) is 72.7. The van der Waals surface area contributed by atoms with Gasteiger partial charge in [0.2, 0.25) is 5.91 Å². The Morgan fingerprint density at radius 1 is 0.467 bits per heavy atom. The Balaban J connectivity index is 5.33. The molecule has 75 heavy (non-hydrogen) atoms. The predicted molar refractivity (Wildman–Crippen MR) is 323 cm³/mol. The van der Waals surface area contributed by atoms with Crippen LogP contribution >= 0.6 is 7.82 Å². The summed E-state index contributed by atoms with van der Waals surface area (Å²) in [5.41, 5.74) is 0. The number of hydrogen-bond acceptors (Lipinski definition) is 6. The minimum Gasteiger partial charge on any atom is -0.456 e. The average Bonchev–Trinajstić information content (AvgIpc) is 3.37. The van der Waals surface area contributed by atoms with Crippen molar-refractivity contribution in [3.63, 3.8) is 0 Å². The molecule has 0 aromatic carbocycles. The number of hydrogen-bond donors (Lipinski definition) is 2. The van der Waals surface area contributed by atoms with Gasteiger partial charge in [0.15, 0.2) is 0 Å². The Morgan fingerprint density at radius 2 is 0.827 bits per heavy atom. The van der Waals surface area contributed by atoms with Gasteiger partial charge in [0, 0.05) is 12.8 Å². The van der Waals surface area contributed by atoms with Gasteiger partial charge in [-0.15, -0.1) is 0 Å². The van der Waals surface area contributed by atoms with E-state index in [4.69, 9.17) is 13.8 Å². The number of carbonyl (C=O) groups is 2. The largest absolute Gasteiger partial charge is 0.472 e. The Kier molecular flexibility index (Phi) is 52.1. The van der Waals surface area contributed by atoms with Gasteiger partial charge in [0.1, 0.15) is 19.3 Å². The molecule has 10 heteroatoms. The second-order valence-corrected chi connectivity index (χ2v) is 23.0. The van der Waals surface area contributed by atoms with Crippen LogP contribution in [0.2, 0.25) is 0 Å². The minimum atomic E-state index is -4.47. The highest BCUT2D eigenvalue weighted by atomic mass is 31.2. The summed E-state index contributed by atoms with van der Waals surface area (Å²) in [5.74, 6) is -0.583. The number of quaternary nitrogens is 1. The molecule has 3 atom stereocenters. The Bertz CT molecular complexity index is 1610. The molecule has 9 nitrogen and oxygen atoms in total. The van der Waals surface area contributed by atoms with Crippen LogP contribution in [0.3, 0.4) is 0 Å². The van der Waals surface area contributed by atoms with Crippen molar-refractivity contribution in [3.8, 4) is 0 Å². The number of rotatable bonds is 54. The third-order valence-corrected chi connectivity index (χ3v) is 14.0. The van der Waals surface area contributed by atoms with E-state index < -0.39 is 20.0 Å². The number of nitrogens with zero attached hydrogens (tertiary/aromatic N) is 1. The van der Waals surface area contributed by atoms with Crippen molar-refractivity contribution in [2.24, 2.45) is 0 Å². The van der Waals surface area contributed by atoms with Crippen LogP contribution in [-0.2, 0) is 27.9 Å². The number of phosphoric acid groups is 1. The first-order valence-corrected chi connectivity index (χ1v) is 32.1. The van der Waals surface area contributed by atoms with Gasteiger partial charge >= 0.3 is 13.8 Å². The van der Waals surface area contributed by atoms with E-state index in [0.717, 1.165) is 89.9 Å². The molecule has 0 fully saturated rings. The number of phosphoric ester groups is 1. The molecule has 0 bridgehead atoms. The number of amides is 1. The number of nitrogens with one attached hydrogen (secondary N) is 1. The average molecular weight is 1070 g/mol. The standard InChI is InChI=1S/C65H115N2O7P/c1-7-10-13-16-19-22-25-27-29-31-32-33-34-36-38-40-43-46-49-52-55-58-65(69)74-63(56-53-50-47-44-41-24-21-18-15-12-9-3)62(61-73-75(70,71)72-60-59-67(4,5)6)66-64(68)57-54-51-48-45-42-39-37-35-30-28-26-23-20-17-14-11-8-2/h19-20,22-23,27-30,32-33,37,39,45,48,53,56,62-63H,7-18,21,24-26,31,34-36,38,40-44,46-47,49-52,54-55,57-61H2,1-6H3,(H-,66,68,70,71)/p+1/b22-19-,23-20-,29-27-,30-28-,33-32-,39-37-,48-45-,56-53+. The highest BCUT2D eigenvalue weighted by Gasteiger charge is 2.30. The smallest absolute Gasteiger partial charge is 0.456 e. The van der Waals surface area contributed by atoms with Crippen molar-refractivity contribution in [1.82, 2.24) is 5.32 Å². The second-order valence-electron chi connectivity index (χ2n) is 21.5. The molecule has 0 rings (SSSR count). The van der Waals surface area contributed by atoms with Gasteiger partial charge in [-0.25, -0.2) is 4.57 Å². The zero-order valence-corrected chi connectivity index (χ0v) is 50.2. The third kappa shape index (κ3) is 55.5. The molecule has 0 aliphatic carbocycles. The second kappa shape index (κ2) is 54.3. The van der Waals surface area contributed by atoms with Crippen LogP contribution in [-0.4, -0.2) is 74.3 Å². The Hall–Kier alpha value is -3.07. The molecule has 0 saturated carbocycles. The molecule has 0 spiro atoms. The molecule has 0 aromatic heterocycles. The summed E-state index contributed by atoms with van der Waals surface area (Å²) in [6, 6.07) is -0.885. The lowest BCUT2D eigenvalue weighted by atomic mass is 10.1. The third-order valence-electron chi connectivity index (χ3n) is 13.0. The molecule has 0 saturated heterocycles. The fourth-order valence-corrected chi connectivity index (χ4v) is 8.97. The maximum absolute atomic E-state index is 13.5. The molecule has 0 heterocycles. The topological polar surface area (TPSA) is 111 Å². The van der Waals surface area contributed by atoms with E-state index >= 15 is 0 Å². The maximum Gasteiger partial charge on any atom is 0.472 e. The van der Waals surface area contributed by atoms with E-state index in [2.05, 4.69) is 111 Å². The SMILES string of the molecule is CCCCC/C=C\C/C=C\C/C=C\C/C=C\CCCC(=O)NC(COP(=O)(O)OCC[N+](C)(C)C)C(/C=C/CCCCCCCCCCC)OC(=O)CCCCCCCCCC/C=C\C/C=C\C/C=C\CCCCC. The molecule has 2 N–H and O–H groups in total. The van der Waals surface area contributed by atoms with E-state index in [9.17, 15) is 19.0 Å². The molecule has 0 radical (unpaired) electrons. The van der Waals surface area contributed by atoms with E-state index in [1.165, 1.54) is 122 Å². The fourth-order valence-electron chi connectivity index (χ4n) is 8.23. The quantitative estimate of drug-likeness (QED) is 0.0205. The van der Waals surface area contributed by atoms with Crippen LogP contribution in [0.4, 0.5) is 0 Å². The summed E-state index contributed by atoms with van der Waals surface area (Å²) in [6.45, 7) is 6.89. The van der Waals surface area contributed by atoms with Gasteiger partial charge in [-0.3, -0.25) is 18.6 Å². The maximum atomic E-state index is 13.5. The molecule has 3 unspecified atom stereocenters. The molecule has 0 aromatic rings. The molecule has 1 amide bonds. The lowest BCUT2D eigenvalue weighted by molar-refractivity contribution is -0.870. The van der Waals surface area contributed by atoms with Crippen molar-refractivity contribution in [3.05, 3.63) is 97.2 Å². The van der Waals surface area contributed by atoms with E-state index in [0.29, 0.717) is 17.4 Å². The van der Waals surface area contributed by atoms with E-state index in [-0.39, 0.29) is 37.9 Å². The Labute approximate surface area is 462 Å². The summed E-state index contributed by atoms with van der Waals surface area (Å²) in [7, 11) is 1.45. The van der Waals surface area contributed by atoms with Crippen LogP contribution < -0.4 is 5.32 Å². The number of unbranched alkanes of at least 4 members (excludes halogenated alkanes) is 24. The number of esters is 1. The van der Waals surface area contributed by atoms with Crippen LogP contribution in [0, 0.1) is 0 Å². The highest BCUT2D eigenvalue weighted by Crippen LogP contribution is 2.43. The van der Waals surface area contributed by atoms with Gasteiger partial charge in [-0.2, -0.15) is 0 Å². The van der Waals surface area contributed by atoms with Gasteiger partial charge in [-0.1, -0.05) is 227 Å². The van der Waals surface area contributed by atoms with Crippen LogP contribution in [0.25, 0.3) is 0 Å². The number of allylic oxidation sites excluding steroid dienone is 15. The molecular formula is C65H116N2O7P+. The van der Waals surface area contributed by atoms with Gasteiger partial charge < -0.3 is 19.4 Å². The van der Waals surface area contributed by atoms with Crippen molar-refractivity contribution >= 4 is 19.7 Å². The normalized spacial score (nSPS) is 14.4. The Morgan fingerprint density at radius 3 is 1.27 bits per heavy atom. The molecular weight excluding hydrogens is 952 g/mol. The molecule has 432 valence electrons. The lowest BCUT2D eigenvalue weighted by Crippen LogP contribution is -2.47. The first kappa shape index (κ1) is 71.9. The van der Waals surface area contributed by atoms with E-state index in [1.54, 1.807) is 0 Å². The number of carbonyl (C=O) groups excluding carboxylic acids is 2. The molecule has 0 aliphatic rings. The van der Waals surface area contributed by atoms with Crippen molar-refractivity contribution in [1.29, 1.82) is 0 Å². The summed E-state index contributed by atoms with van der Waals surface area (Å²) >= 11 is 0. The van der Waals surface area contributed by atoms with Crippen molar-refractivity contribution in [2.75, 3.05) is 40.9 Å². The van der Waals surface area contributed by atoms with Crippen LogP contribution in [0.1, 0.15) is 252 Å². The first-order valence-electron chi connectivity index (χ1n) is 30.6. The number of ether oxygens (including phenoxy) is 1. The van der Waals surface area contributed by atoms with Gasteiger partial charge in [0.25, 0.3) is 0 Å². The van der Waals surface area contributed by atoms with Crippen LogP contribution in [0.15, 0.2) is 97.2 Å². The van der Waals surface area contributed by atoms with Gasteiger partial charge in [0.05, 0.1) is 33.8 Å². The van der Waals surface area contributed by atoms with Crippen molar-refractivity contribution < 1.29 is 37.3 Å². The van der Waals surface area contributed by atoms with E-state index in [1.807, 2.05) is 33.3 Å². The summed E-state index contributed by atoms with van der Waals surface area (Å²) in [5, 5.41) is 3.01. The first-order chi connectivity index (χ1) is 36.4. The van der Waals surface area contributed by atoms with Crippen LogP contribution in [0.5, 0.6) is 0 Å². The zero-order chi connectivity index (χ0) is 55.0. The molecule has 0 aliphatic heterocycles. The zero-order valence-electron chi connectivity index (χ0n) is 49.3. The predicted octanol–water partition coefficient (Wildman–Crippen LogP) is 18.8. The number of likely N-dealkylation sites (N-methyl/N-ethyl adjacent to an activating group) is 1. The fraction of sp³-hybridized carbons (Fsp3) is 0.723. The minimum absolute atomic E-state index is 0.0245.